The molecule has 0 saturated heterocycles. The van der Waals surface area contributed by atoms with Crippen LogP contribution in [0.15, 0.2) is 47.3 Å². The summed E-state index contributed by atoms with van der Waals surface area (Å²) < 4.78 is 1.55. The van der Waals surface area contributed by atoms with Gasteiger partial charge in [0.1, 0.15) is 11.5 Å². The van der Waals surface area contributed by atoms with Crippen molar-refractivity contribution in [2.75, 3.05) is 4.90 Å². The molecule has 0 unspecified atom stereocenters. The molecule has 0 atom stereocenters. The van der Waals surface area contributed by atoms with Gasteiger partial charge in [0.15, 0.2) is 0 Å². The molecule has 0 bridgehead atoms. The number of rotatable bonds is 8. The molecule has 190 valence electrons. The summed E-state index contributed by atoms with van der Waals surface area (Å²) in [5, 5.41) is 16.6. The highest BCUT2D eigenvalue weighted by molar-refractivity contribution is 5.97. The summed E-state index contributed by atoms with van der Waals surface area (Å²) in [5.74, 6) is -1.23. The Morgan fingerprint density at radius 1 is 1.14 bits per heavy atom. The van der Waals surface area contributed by atoms with Crippen LogP contribution in [0.2, 0.25) is 0 Å². The number of amides is 1. The van der Waals surface area contributed by atoms with Crippen molar-refractivity contribution in [2.24, 2.45) is 12.8 Å². The molecule has 1 fully saturated rings. The summed E-state index contributed by atoms with van der Waals surface area (Å²) in [6, 6.07) is 12.6. The number of benzene rings is 2. The Morgan fingerprint density at radius 2 is 1.81 bits per heavy atom. The van der Waals surface area contributed by atoms with Crippen LogP contribution in [0.4, 0.5) is 5.69 Å². The van der Waals surface area contributed by atoms with Crippen molar-refractivity contribution < 1.29 is 14.7 Å². The summed E-state index contributed by atoms with van der Waals surface area (Å²) in [4.78, 5) is 43.4. The zero-order valence-corrected chi connectivity index (χ0v) is 20.9. The minimum Gasteiger partial charge on any atom is -0.481 e. The largest absolute Gasteiger partial charge is 0.481 e. The number of carbonyl (C=O) groups is 2. The Kier molecular flexibility index (Phi) is 8.47. The van der Waals surface area contributed by atoms with Crippen molar-refractivity contribution in [3.05, 3.63) is 69.6 Å². The lowest BCUT2D eigenvalue weighted by atomic mass is 10.1. The standard InChI is InChI=1S/C26H29N5O4.ClH/c1-30-22-11-10-19(31(18-4-2-3-5-18)23(32)12-13-24(33)34)15-20(22)29-21(26(30)35)14-16-6-8-17(9-7-16)25(27)28;/h6-11,15,18H,2-5,12-14H2,1H3,(H3,27,28)(H,33,34);1H. The quantitative estimate of drug-likeness (QED) is 0.312. The van der Waals surface area contributed by atoms with Gasteiger partial charge in [-0.1, -0.05) is 37.1 Å². The van der Waals surface area contributed by atoms with E-state index < -0.39 is 5.97 Å². The minimum atomic E-state index is -0.999. The number of halogens is 1. The van der Waals surface area contributed by atoms with Gasteiger partial charge in [0.05, 0.1) is 17.5 Å². The minimum absolute atomic E-state index is 0. The number of carboxylic acid groups (broad SMARTS) is 1. The molecule has 0 spiro atoms. The number of nitrogen functional groups attached to an aromatic ring is 1. The second kappa shape index (κ2) is 11.3. The number of aliphatic carboxylic acids is 1. The Bertz CT molecular complexity index is 1350. The number of hydrogen-bond acceptors (Lipinski definition) is 5. The van der Waals surface area contributed by atoms with Crippen molar-refractivity contribution in [1.82, 2.24) is 9.55 Å². The van der Waals surface area contributed by atoms with Crippen LogP contribution in [0.5, 0.6) is 0 Å². The summed E-state index contributed by atoms with van der Waals surface area (Å²) in [5.41, 5.74) is 9.08. The molecule has 0 radical (unpaired) electrons. The average Bonchev–Trinajstić information content (AvgIpc) is 3.36. The lowest BCUT2D eigenvalue weighted by Gasteiger charge is -2.29. The van der Waals surface area contributed by atoms with E-state index >= 15 is 0 Å². The van der Waals surface area contributed by atoms with Gasteiger partial charge in [-0.3, -0.25) is 19.8 Å². The van der Waals surface area contributed by atoms with Crippen molar-refractivity contribution in [3.8, 4) is 0 Å². The molecule has 0 aliphatic heterocycles. The normalized spacial score (nSPS) is 13.4. The summed E-state index contributed by atoms with van der Waals surface area (Å²) in [7, 11) is 1.70. The molecule has 10 heteroatoms. The van der Waals surface area contributed by atoms with E-state index in [2.05, 4.69) is 4.98 Å². The number of nitrogens with two attached hydrogens (primary N) is 1. The van der Waals surface area contributed by atoms with Gasteiger partial charge in [-0.05, 0) is 36.6 Å². The molecule has 1 amide bonds. The maximum absolute atomic E-state index is 13.0. The van der Waals surface area contributed by atoms with E-state index in [0.717, 1.165) is 31.2 Å². The first-order chi connectivity index (χ1) is 16.7. The maximum atomic E-state index is 13.0. The van der Waals surface area contributed by atoms with Gasteiger partial charge < -0.3 is 20.3 Å². The summed E-state index contributed by atoms with van der Waals surface area (Å²) in [6.45, 7) is 0. The predicted molar refractivity (Wildman–Crippen MR) is 141 cm³/mol. The first-order valence-corrected chi connectivity index (χ1v) is 11.7. The van der Waals surface area contributed by atoms with Crippen LogP contribution < -0.4 is 16.2 Å². The second-order valence-electron chi connectivity index (χ2n) is 8.98. The lowest BCUT2D eigenvalue weighted by Crippen LogP contribution is -2.39. The van der Waals surface area contributed by atoms with Crippen molar-refractivity contribution in [3.63, 3.8) is 0 Å². The van der Waals surface area contributed by atoms with Crippen LogP contribution in [0, 0.1) is 5.41 Å². The number of aromatic nitrogens is 2. The molecule has 36 heavy (non-hydrogen) atoms. The van der Waals surface area contributed by atoms with Crippen molar-refractivity contribution in [2.45, 2.75) is 51.0 Å². The maximum Gasteiger partial charge on any atom is 0.303 e. The zero-order chi connectivity index (χ0) is 25.1. The Labute approximate surface area is 214 Å². The van der Waals surface area contributed by atoms with Crippen molar-refractivity contribution in [1.29, 1.82) is 5.41 Å². The Balaban J connectivity index is 0.00000361. The molecule has 9 nitrogen and oxygen atoms in total. The Morgan fingerprint density at radius 3 is 2.42 bits per heavy atom. The van der Waals surface area contributed by atoms with E-state index in [4.69, 9.17) is 16.2 Å². The lowest BCUT2D eigenvalue weighted by molar-refractivity contribution is -0.138. The molecule has 1 saturated carbocycles. The first kappa shape index (κ1) is 26.9. The van der Waals surface area contributed by atoms with E-state index in [1.165, 1.54) is 0 Å². The van der Waals surface area contributed by atoms with Crippen LogP contribution >= 0.6 is 12.4 Å². The summed E-state index contributed by atoms with van der Waals surface area (Å²) in [6.07, 6.45) is 3.84. The number of hydrogen-bond donors (Lipinski definition) is 3. The molecular weight excluding hydrogens is 482 g/mol. The van der Waals surface area contributed by atoms with Gasteiger partial charge in [0.2, 0.25) is 5.91 Å². The topological polar surface area (TPSA) is 142 Å². The molecule has 1 aliphatic carbocycles. The molecule has 2 aromatic carbocycles. The van der Waals surface area contributed by atoms with Gasteiger partial charge in [-0.2, -0.15) is 0 Å². The molecule has 3 aromatic rings. The van der Waals surface area contributed by atoms with Crippen LogP contribution in [0.25, 0.3) is 11.0 Å². The van der Waals surface area contributed by atoms with Crippen LogP contribution in [0.1, 0.15) is 55.3 Å². The summed E-state index contributed by atoms with van der Waals surface area (Å²) >= 11 is 0. The van der Waals surface area contributed by atoms with Crippen LogP contribution in [-0.4, -0.2) is 38.4 Å². The third kappa shape index (κ3) is 5.73. The monoisotopic (exact) mass is 511 g/mol. The molecule has 4 rings (SSSR count). The average molecular weight is 512 g/mol. The number of anilines is 1. The fraction of sp³-hybridized carbons (Fsp3) is 0.346. The van der Waals surface area contributed by atoms with Gasteiger partial charge in [0.25, 0.3) is 5.56 Å². The van der Waals surface area contributed by atoms with Gasteiger partial charge in [-0.15, -0.1) is 12.4 Å². The number of fused-ring (bicyclic) bond motifs is 1. The number of carbonyl (C=O) groups excluding carboxylic acids is 1. The number of nitrogens with one attached hydrogen (secondary N) is 1. The predicted octanol–water partition coefficient (Wildman–Crippen LogP) is 3.37. The molecular formula is C26H30ClN5O4. The molecule has 1 heterocycles. The third-order valence-electron chi connectivity index (χ3n) is 6.55. The fourth-order valence-electron chi connectivity index (χ4n) is 4.70. The van der Waals surface area contributed by atoms with Gasteiger partial charge >= 0.3 is 5.97 Å². The van der Waals surface area contributed by atoms with E-state index in [1.54, 1.807) is 40.8 Å². The fourth-order valence-corrected chi connectivity index (χ4v) is 4.70. The molecule has 1 aromatic heterocycles. The smallest absolute Gasteiger partial charge is 0.303 e. The first-order valence-electron chi connectivity index (χ1n) is 11.7. The van der Waals surface area contributed by atoms with Gasteiger partial charge in [-0.25, -0.2) is 4.98 Å². The Hall–Kier alpha value is -3.72. The van der Waals surface area contributed by atoms with Gasteiger partial charge in [0, 0.05) is 37.2 Å². The number of amidine groups is 1. The number of nitrogens with zero attached hydrogens (tertiary/aromatic N) is 3. The molecule has 4 N–H and O–H groups in total. The van der Waals surface area contributed by atoms with E-state index in [1.807, 2.05) is 18.2 Å². The van der Waals surface area contributed by atoms with Crippen molar-refractivity contribution >= 4 is 46.8 Å². The third-order valence-corrected chi connectivity index (χ3v) is 6.55. The van der Waals surface area contributed by atoms with Crippen LogP contribution in [-0.2, 0) is 23.1 Å². The number of aryl methyl sites for hydroxylation is 1. The van der Waals surface area contributed by atoms with E-state index in [-0.39, 0.29) is 48.6 Å². The van der Waals surface area contributed by atoms with Crippen LogP contribution in [0.3, 0.4) is 0 Å². The highest BCUT2D eigenvalue weighted by Gasteiger charge is 2.28. The highest BCUT2D eigenvalue weighted by Crippen LogP contribution is 2.31. The second-order valence-corrected chi connectivity index (χ2v) is 8.98. The zero-order valence-electron chi connectivity index (χ0n) is 20.1. The number of carboxylic acids is 1. The molecule has 1 aliphatic rings. The SMILES string of the molecule is Cl.Cn1c(=O)c(Cc2ccc(C(=N)N)cc2)nc2cc(N(C(=O)CCC(=O)O)C3CCCC3)ccc21. The highest BCUT2D eigenvalue weighted by atomic mass is 35.5. The van der Waals surface area contributed by atoms with E-state index in [0.29, 0.717) is 34.4 Å². The van der Waals surface area contributed by atoms with E-state index in [9.17, 15) is 14.4 Å².